The lowest BCUT2D eigenvalue weighted by molar-refractivity contribution is -0.159. The first-order valence-corrected chi connectivity index (χ1v) is 15.8. The van der Waals surface area contributed by atoms with Crippen LogP contribution < -0.4 is 0 Å². The summed E-state index contributed by atoms with van der Waals surface area (Å²) < 4.78 is 6.99. The Morgan fingerprint density at radius 2 is 1.63 bits per heavy atom. The van der Waals surface area contributed by atoms with E-state index in [9.17, 15) is 19.5 Å². The predicted molar refractivity (Wildman–Crippen MR) is 166 cm³/mol. The molecule has 0 aliphatic carbocycles. The maximum absolute atomic E-state index is 15.0. The molecule has 4 heterocycles. The van der Waals surface area contributed by atoms with Crippen molar-refractivity contribution in [2.45, 2.75) is 96.6 Å². The minimum absolute atomic E-state index is 0.0450. The summed E-state index contributed by atoms with van der Waals surface area (Å²) in [7, 11) is 0. The van der Waals surface area contributed by atoms with Crippen LogP contribution in [0.4, 0.5) is 0 Å². The Kier molecular flexibility index (Phi) is 8.18. The third-order valence-corrected chi connectivity index (χ3v) is 9.68. The average molecular weight is 592 g/mol. The molecular formula is C35H49N3O5. The monoisotopic (exact) mass is 591 g/mol. The normalized spacial score (nSPS) is 31.6. The van der Waals surface area contributed by atoms with Crippen LogP contribution in [0.1, 0.15) is 66.9 Å². The molecule has 0 bridgehead atoms. The standard InChI is InChI=1S/C35H49N3O5/c1-8-18-36-19-12-16-34(7)26(29(36)40)27-30(41)38(25(22-39)21-24-14-10-9-11-15-24)28-31(42)37(20-13-17-35(27,28)43-34)33(5,6)23-32(2,3)4/h9-17,25-28,39H,8,18-23H2,1-7H3/t25-,26+,27+,28?,34-,35+/m1/s1. The molecule has 0 saturated carbocycles. The van der Waals surface area contributed by atoms with Crippen molar-refractivity contribution in [2.75, 3.05) is 26.2 Å². The maximum atomic E-state index is 15.0. The number of likely N-dealkylation sites (tertiary alicyclic amines) is 1. The van der Waals surface area contributed by atoms with E-state index >= 15 is 0 Å². The molecule has 1 aromatic rings. The number of aliphatic hydroxyl groups is 1. The molecule has 1 unspecified atom stereocenters. The van der Waals surface area contributed by atoms with E-state index < -0.39 is 40.7 Å². The Hall–Kier alpha value is -2.97. The molecule has 5 rings (SSSR count). The van der Waals surface area contributed by atoms with Gasteiger partial charge in [0.25, 0.3) is 0 Å². The van der Waals surface area contributed by atoms with E-state index in [0.29, 0.717) is 26.1 Å². The smallest absolute Gasteiger partial charge is 0.249 e. The molecule has 3 amide bonds. The fourth-order valence-corrected chi connectivity index (χ4v) is 8.45. The topological polar surface area (TPSA) is 90.4 Å². The zero-order chi connectivity index (χ0) is 31.4. The minimum Gasteiger partial charge on any atom is -0.394 e. The number of rotatable bonds is 8. The number of aliphatic hydroxyl groups excluding tert-OH is 1. The fourth-order valence-electron chi connectivity index (χ4n) is 8.45. The number of nitrogens with zero attached hydrogens (tertiary/aromatic N) is 3. The van der Waals surface area contributed by atoms with Crippen LogP contribution in [0, 0.1) is 17.3 Å². The second-order valence-corrected chi connectivity index (χ2v) is 14.9. The van der Waals surface area contributed by atoms with E-state index in [1.807, 2.05) is 73.4 Å². The summed E-state index contributed by atoms with van der Waals surface area (Å²) in [6.07, 6.45) is 9.64. The van der Waals surface area contributed by atoms with Crippen LogP contribution in [-0.2, 0) is 25.5 Å². The van der Waals surface area contributed by atoms with Crippen molar-refractivity contribution >= 4 is 17.7 Å². The van der Waals surface area contributed by atoms with Crippen LogP contribution in [0.15, 0.2) is 54.6 Å². The molecular weight excluding hydrogens is 542 g/mol. The highest BCUT2D eigenvalue weighted by molar-refractivity contribution is 6.00. The van der Waals surface area contributed by atoms with Gasteiger partial charge in [-0.3, -0.25) is 14.4 Å². The zero-order valence-corrected chi connectivity index (χ0v) is 26.9. The number of carbonyl (C=O) groups is 3. The summed E-state index contributed by atoms with van der Waals surface area (Å²) in [6, 6.07) is 8.02. The van der Waals surface area contributed by atoms with E-state index in [1.54, 1.807) is 9.80 Å². The molecule has 43 heavy (non-hydrogen) atoms. The van der Waals surface area contributed by atoms with Gasteiger partial charge < -0.3 is 24.5 Å². The van der Waals surface area contributed by atoms with Gasteiger partial charge in [-0.25, -0.2) is 0 Å². The van der Waals surface area contributed by atoms with Crippen LogP contribution in [0.5, 0.6) is 0 Å². The molecule has 8 heteroatoms. The number of hydrogen-bond donors (Lipinski definition) is 1. The number of fused-ring (bicyclic) bond motifs is 2. The van der Waals surface area contributed by atoms with Gasteiger partial charge in [0.2, 0.25) is 17.7 Å². The van der Waals surface area contributed by atoms with Crippen molar-refractivity contribution in [2.24, 2.45) is 17.3 Å². The minimum atomic E-state index is -1.35. The molecule has 2 saturated heterocycles. The first-order valence-electron chi connectivity index (χ1n) is 15.8. The van der Waals surface area contributed by atoms with Crippen LogP contribution >= 0.6 is 0 Å². The molecule has 0 aromatic heterocycles. The van der Waals surface area contributed by atoms with E-state index in [-0.39, 0.29) is 29.7 Å². The van der Waals surface area contributed by atoms with Gasteiger partial charge in [0.1, 0.15) is 11.6 Å². The highest BCUT2D eigenvalue weighted by Gasteiger charge is 2.75. The lowest BCUT2D eigenvalue weighted by Gasteiger charge is -2.45. The molecule has 234 valence electrons. The maximum Gasteiger partial charge on any atom is 0.249 e. The lowest BCUT2D eigenvalue weighted by atomic mass is 9.74. The van der Waals surface area contributed by atoms with Gasteiger partial charge in [0.15, 0.2) is 0 Å². The number of amides is 3. The third kappa shape index (κ3) is 5.35. The van der Waals surface area contributed by atoms with Crippen molar-refractivity contribution < 1.29 is 24.2 Å². The predicted octanol–water partition coefficient (Wildman–Crippen LogP) is 3.98. The van der Waals surface area contributed by atoms with Crippen LogP contribution in [0.25, 0.3) is 0 Å². The summed E-state index contributed by atoms with van der Waals surface area (Å²) >= 11 is 0. The second-order valence-electron chi connectivity index (χ2n) is 14.9. The van der Waals surface area contributed by atoms with Crippen molar-refractivity contribution in [3.8, 4) is 0 Å². The molecule has 1 spiro atoms. The van der Waals surface area contributed by atoms with Gasteiger partial charge in [-0.2, -0.15) is 0 Å². The van der Waals surface area contributed by atoms with Crippen LogP contribution in [0.2, 0.25) is 0 Å². The quantitative estimate of drug-likeness (QED) is 0.462. The number of hydrogen-bond acceptors (Lipinski definition) is 5. The molecule has 1 N–H and O–H groups in total. The first kappa shape index (κ1) is 31.5. The highest BCUT2D eigenvalue weighted by atomic mass is 16.5. The van der Waals surface area contributed by atoms with E-state index in [0.717, 1.165) is 18.4 Å². The van der Waals surface area contributed by atoms with E-state index in [2.05, 4.69) is 34.6 Å². The fraction of sp³-hybridized carbons (Fsp3) is 0.629. The molecule has 4 aliphatic heterocycles. The van der Waals surface area contributed by atoms with E-state index in [4.69, 9.17) is 4.74 Å². The summed E-state index contributed by atoms with van der Waals surface area (Å²) in [5.74, 6) is -2.32. The summed E-state index contributed by atoms with van der Waals surface area (Å²) in [5.41, 5.74) is -2.02. The Morgan fingerprint density at radius 3 is 2.26 bits per heavy atom. The second kappa shape index (κ2) is 11.2. The van der Waals surface area contributed by atoms with Gasteiger partial charge in [0.05, 0.1) is 30.1 Å². The van der Waals surface area contributed by atoms with Crippen molar-refractivity contribution in [1.29, 1.82) is 0 Å². The Morgan fingerprint density at radius 1 is 0.953 bits per heavy atom. The number of benzene rings is 1. The number of ether oxygens (including phenoxy) is 1. The SMILES string of the molecule is CCCN1CC=C[C@@]2(C)O[C@]34C=CCN(C(C)(C)CC(C)(C)C)C(=O)C3N([C@@H](CO)Cc3ccccc3)C(=O)[C@@H]4[C@H]2C1=O. The Labute approximate surface area is 256 Å². The highest BCUT2D eigenvalue weighted by Crippen LogP contribution is 2.58. The van der Waals surface area contributed by atoms with Crippen molar-refractivity contribution in [1.82, 2.24) is 14.7 Å². The van der Waals surface area contributed by atoms with Crippen LogP contribution in [0.3, 0.4) is 0 Å². The molecule has 0 radical (unpaired) electrons. The van der Waals surface area contributed by atoms with Crippen molar-refractivity contribution in [3.05, 3.63) is 60.2 Å². The Balaban J connectivity index is 1.66. The van der Waals surface area contributed by atoms with Gasteiger partial charge >= 0.3 is 0 Å². The number of carbonyl (C=O) groups excluding carboxylic acids is 3. The average Bonchev–Trinajstić information content (AvgIpc) is 3.19. The van der Waals surface area contributed by atoms with E-state index in [1.165, 1.54) is 0 Å². The molecule has 2 fully saturated rings. The van der Waals surface area contributed by atoms with Gasteiger partial charge in [-0.05, 0) is 51.0 Å². The largest absolute Gasteiger partial charge is 0.394 e. The third-order valence-electron chi connectivity index (χ3n) is 9.68. The summed E-state index contributed by atoms with van der Waals surface area (Å²) in [6.45, 7) is 15.6. The first-order chi connectivity index (χ1) is 20.2. The van der Waals surface area contributed by atoms with Crippen LogP contribution in [-0.4, -0.2) is 92.6 Å². The van der Waals surface area contributed by atoms with Gasteiger partial charge in [-0.1, -0.05) is 82.3 Å². The van der Waals surface area contributed by atoms with Gasteiger partial charge in [-0.15, -0.1) is 0 Å². The molecule has 4 aliphatic rings. The summed E-state index contributed by atoms with van der Waals surface area (Å²) in [4.78, 5) is 49.3. The molecule has 1 aromatic carbocycles. The van der Waals surface area contributed by atoms with Gasteiger partial charge in [0, 0.05) is 25.2 Å². The molecule has 8 nitrogen and oxygen atoms in total. The molecule has 6 atom stereocenters. The van der Waals surface area contributed by atoms with Crippen molar-refractivity contribution in [3.63, 3.8) is 0 Å². The zero-order valence-electron chi connectivity index (χ0n) is 26.9. The summed E-state index contributed by atoms with van der Waals surface area (Å²) in [5, 5.41) is 10.8. The Bertz CT molecular complexity index is 1300. The lowest BCUT2D eigenvalue weighted by Crippen LogP contribution is -2.62.